The second-order valence-corrected chi connectivity index (χ2v) is 7.31. The lowest BCUT2D eigenvalue weighted by Crippen LogP contribution is -2.24. The zero-order valence-electron chi connectivity index (χ0n) is 15.8. The summed E-state index contributed by atoms with van der Waals surface area (Å²) in [6.45, 7) is 0.407. The van der Waals surface area contributed by atoms with Gasteiger partial charge in [0.05, 0.1) is 31.2 Å². The summed E-state index contributed by atoms with van der Waals surface area (Å²) in [4.78, 5) is 24.3. The number of ether oxygens (including phenoxy) is 1. The Kier molecular flexibility index (Phi) is 3.82. The van der Waals surface area contributed by atoms with Gasteiger partial charge in [0.25, 0.3) is 0 Å². The van der Waals surface area contributed by atoms with Crippen molar-refractivity contribution >= 4 is 28.0 Å². The van der Waals surface area contributed by atoms with Gasteiger partial charge < -0.3 is 19.6 Å². The fourth-order valence-corrected chi connectivity index (χ4v) is 3.55. The minimum Gasteiger partial charge on any atom is -0.497 e. The first-order valence-electron chi connectivity index (χ1n) is 9.38. The quantitative estimate of drug-likeness (QED) is 0.561. The van der Waals surface area contributed by atoms with Crippen molar-refractivity contribution in [2.45, 2.75) is 19.4 Å². The number of amides is 1. The number of nitrogens with zero attached hydrogens (tertiary/aromatic N) is 3. The second-order valence-electron chi connectivity index (χ2n) is 7.31. The maximum absolute atomic E-state index is 11.8. The molecular weight excluding hydrogens is 354 g/mol. The van der Waals surface area contributed by atoms with E-state index in [1.807, 2.05) is 25.2 Å². The summed E-state index contributed by atoms with van der Waals surface area (Å²) in [5.74, 6) is 1.13. The number of benzene rings is 1. The SMILES string of the molecule is COc1ccc2c(c1)c(-c1cc3nc(CNC(=O)C4CC4)cnc3[nH]1)cn2C. The van der Waals surface area contributed by atoms with Crippen LogP contribution in [0.1, 0.15) is 18.5 Å². The number of hydrogen-bond acceptors (Lipinski definition) is 4. The van der Waals surface area contributed by atoms with Crippen LogP contribution in [-0.4, -0.2) is 32.5 Å². The van der Waals surface area contributed by atoms with Crippen LogP contribution < -0.4 is 10.1 Å². The number of aryl methyl sites for hydroxylation is 1. The molecule has 0 bridgehead atoms. The van der Waals surface area contributed by atoms with Crippen LogP contribution in [-0.2, 0) is 18.4 Å². The fraction of sp³-hybridized carbons (Fsp3) is 0.286. The van der Waals surface area contributed by atoms with Crippen molar-refractivity contribution in [2.75, 3.05) is 7.11 Å². The van der Waals surface area contributed by atoms with Gasteiger partial charge in [0, 0.05) is 35.6 Å². The standard InChI is InChI=1S/C21H21N5O2/c1-26-11-16(15-7-14(28-2)5-6-19(15)26)17-8-18-20(25-17)22-9-13(24-18)10-23-21(27)12-3-4-12/h5-9,11-12H,3-4,10H2,1-2H3,(H,22,25)(H,23,27). The minimum atomic E-state index is 0.112. The van der Waals surface area contributed by atoms with Crippen LogP contribution in [0.5, 0.6) is 5.75 Å². The molecule has 1 aliphatic rings. The minimum absolute atomic E-state index is 0.112. The van der Waals surface area contributed by atoms with E-state index in [4.69, 9.17) is 4.74 Å². The van der Waals surface area contributed by atoms with E-state index in [2.05, 4.69) is 37.1 Å². The molecule has 1 amide bonds. The van der Waals surface area contributed by atoms with Crippen molar-refractivity contribution in [3.8, 4) is 17.0 Å². The van der Waals surface area contributed by atoms with E-state index in [0.717, 1.165) is 57.6 Å². The molecule has 4 aromatic rings. The molecule has 0 saturated heterocycles. The maximum atomic E-state index is 11.8. The molecule has 3 heterocycles. The molecule has 1 saturated carbocycles. The van der Waals surface area contributed by atoms with Crippen LogP contribution in [0.15, 0.2) is 36.7 Å². The predicted molar refractivity (Wildman–Crippen MR) is 107 cm³/mol. The first kappa shape index (κ1) is 16.8. The number of methoxy groups -OCH3 is 1. The van der Waals surface area contributed by atoms with Gasteiger partial charge in [0.15, 0.2) is 5.65 Å². The van der Waals surface area contributed by atoms with Gasteiger partial charge in [0.2, 0.25) is 5.91 Å². The van der Waals surface area contributed by atoms with Gasteiger partial charge in [-0.15, -0.1) is 0 Å². The third-order valence-corrected chi connectivity index (χ3v) is 5.26. The van der Waals surface area contributed by atoms with Gasteiger partial charge in [0.1, 0.15) is 11.3 Å². The number of H-pyrrole nitrogens is 1. The van der Waals surface area contributed by atoms with Crippen LogP contribution >= 0.6 is 0 Å². The summed E-state index contributed by atoms with van der Waals surface area (Å²) in [6, 6.07) is 8.05. The van der Waals surface area contributed by atoms with Crippen molar-refractivity contribution in [1.29, 1.82) is 0 Å². The van der Waals surface area contributed by atoms with Gasteiger partial charge in [-0.05, 0) is 37.1 Å². The lowest BCUT2D eigenvalue weighted by molar-refractivity contribution is -0.122. The normalized spacial score (nSPS) is 13.9. The first-order valence-corrected chi connectivity index (χ1v) is 9.38. The summed E-state index contributed by atoms with van der Waals surface area (Å²) < 4.78 is 7.48. The van der Waals surface area contributed by atoms with Crippen molar-refractivity contribution in [3.05, 3.63) is 42.4 Å². The zero-order chi connectivity index (χ0) is 19.3. The Hall–Kier alpha value is -3.35. The lowest BCUT2D eigenvalue weighted by Gasteiger charge is -2.02. The smallest absolute Gasteiger partial charge is 0.223 e. The highest BCUT2D eigenvalue weighted by Gasteiger charge is 2.29. The number of carbonyl (C=O) groups is 1. The van der Waals surface area contributed by atoms with Crippen LogP contribution in [0.2, 0.25) is 0 Å². The molecule has 3 aromatic heterocycles. The molecule has 142 valence electrons. The van der Waals surface area contributed by atoms with Crippen LogP contribution in [0.4, 0.5) is 0 Å². The predicted octanol–water partition coefficient (Wildman–Crippen LogP) is 3.15. The highest BCUT2D eigenvalue weighted by atomic mass is 16.5. The largest absolute Gasteiger partial charge is 0.497 e. The summed E-state index contributed by atoms with van der Waals surface area (Å²) >= 11 is 0. The fourth-order valence-electron chi connectivity index (χ4n) is 3.55. The van der Waals surface area contributed by atoms with Gasteiger partial charge >= 0.3 is 0 Å². The number of rotatable bonds is 5. The van der Waals surface area contributed by atoms with Gasteiger partial charge in [-0.1, -0.05) is 0 Å². The Morgan fingerprint density at radius 2 is 2.21 bits per heavy atom. The highest BCUT2D eigenvalue weighted by molar-refractivity contribution is 5.98. The van der Waals surface area contributed by atoms with Crippen molar-refractivity contribution < 1.29 is 9.53 Å². The molecule has 7 heteroatoms. The topological polar surface area (TPSA) is 84.8 Å². The molecule has 1 aliphatic carbocycles. The number of aromatic amines is 1. The van der Waals surface area contributed by atoms with E-state index in [-0.39, 0.29) is 11.8 Å². The third-order valence-electron chi connectivity index (χ3n) is 5.26. The van der Waals surface area contributed by atoms with Gasteiger partial charge in [-0.3, -0.25) is 4.79 Å². The van der Waals surface area contributed by atoms with Gasteiger partial charge in [-0.25, -0.2) is 9.97 Å². The Morgan fingerprint density at radius 3 is 3.00 bits per heavy atom. The summed E-state index contributed by atoms with van der Waals surface area (Å²) in [7, 11) is 3.70. The third kappa shape index (κ3) is 2.89. The monoisotopic (exact) mass is 375 g/mol. The van der Waals surface area contributed by atoms with E-state index >= 15 is 0 Å². The molecule has 0 spiro atoms. The summed E-state index contributed by atoms with van der Waals surface area (Å²) in [6.07, 6.45) is 5.79. The number of carbonyl (C=O) groups excluding carboxylic acids is 1. The average Bonchev–Trinajstić information content (AvgIpc) is 3.40. The Bertz CT molecular complexity index is 1200. The highest BCUT2D eigenvalue weighted by Crippen LogP contribution is 2.33. The van der Waals surface area contributed by atoms with E-state index < -0.39 is 0 Å². The molecule has 1 aromatic carbocycles. The average molecular weight is 375 g/mol. The molecule has 1 fully saturated rings. The number of aromatic nitrogens is 4. The van der Waals surface area contributed by atoms with Crippen molar-refractivity contribution in [2.24, 2.45) is 13.0 Å². The molecule has 0 unspecified atom stereocenters. The number of fused-ring (bicyclic) bond motifs is 2. The molecular formula is C21H21N5O2. The van der Waals surface area contributed by atoms with E-state index in [1.54, 1.807) is 13.3 Å². The zero-order valence-corrected chi connectivity index (χ0v) is 15.8. The number of nitrogens with one attached hydrogen (secondary N) is 2. The molecule has 0 atom stereocenters. The Morgan fingerprint density at radius 1 is 1.36 bits per heavy atom. The maximum Gasteiger partial charge on any atom is 0.223 e. The Balaban J connectivity index is 1.49. The Labute approximate surface area is 161 Å². The van der Waals surface area contributed by atoms with Crippen molar-refractivity contribution in [1.82, 2.24) is 24.8 Å². The van der Waals surface area contributed by atoms with Crippen LogP contribution in [0.25, 0.3) is 33.3 Å². The van der Waals surface area contributed by atoms with Gasteiger partial charge in [-0.2, -0.15) is 0 Å². The molecule has 5 rings (SSSR count). The van der Waals surface area contributed by atoms with E-state index in [0.29, 0.717) is 6.54 Å². The second kappa shape index (κ2) is 6.37. The first-order chi connectivity index (χ1) is 13.6. The summed E-state index contributed by atoms with van der Waals surface area (Å²) in [5.41, 5.74) is 5.42. The lowest BCUT2D eigenvalue weighted by atomic mass is 10.1. The van der Waals surface area contributed by atoms with E-state index in [9.17, 15) is 4.79 Å². The molecule has 7 nitrogen and oxygen atoms in total. The van der Waals surface area contributed by atoms with Crippen molar-refractivity contribution in [3.63, 3.8) is 0 Å². The molecule has 28 heavy (non-hydrogen) atoms. The van der Waals surface area contributed by atoms with E-state index in [1.165, 1.54) is 0 Å². The summed E-state index contributed by atoms with van der Waals surface area (Å²) in [5, 5.41) is 4.04. The molecule has 0 radical (unpaired) electrons. The van der Waals surface area contributed by atoms with Crippen LogP contribution in [0, 0.1) is 5.92 Å². The molecule has 2 N–H and O–H groups in total. The van der Waals surface area contributed by atoms with Crippen LogP contribution in [0.3, 0.4) is 0 Å². The number of hydrogen-bond donors (Lipinski definition) is 2. The molecule has 0 aliphatic heterocycles.